The standard InChI is InChI=1S/C12H13NO3/c1-3-11(14)13-10-7-5-9(6-8-10)12(15)16-4-2/h3,5-8H,1,4H2,2H3,(H,13,14). The molecule has 0 aliphatic carbocycles. The zero-order valence-corrected chi connectivity index (χ0v) is 9.03. The molecule has 0 aliphatic rings. The van der Waals surface area contributed by atoms with Crippen LogP contribution in [0.5, 0.6) is 0 Å². The van der Waals surface area contributed by atoms with Gasteiger partial charge in [-0.1, -0.05) is 6.58 Å². The third-order valence-corrected chi connectivity index (χ3v) is 1.85. The average molecular weight is 219 g/mol. The maximum Gasteiger partial charge on any atom is 0.338 e. The number of benzene rings is 1. The highest BCUT2D eigenvalue weighted by molar-refractivity contribution is 5.99. The van der Waals surface area contributed by atoms with Crippen LogP contribution in [-0.2, 0) is 9.53 Å². The van der Waals surface area contributed by atoms with Crippen molar-refractivity contribution >= 4 is 17.6 Å². The van der Waals surface area contributed by atoms with Gasteiger partial charge in [-0.2, -0.15) is 0 Å². The highest BCUT2D eigenvalue weighted by atomic mass is 16.5. The number of amides is 1. The summed E-state index contributed by atoms with van der Waals surface area (Å²) in [6.45, 7) is 5.43. The Bertz CT molecular complexity index is 395. The van der Waals surface area contributed by atoms with Crippen molar-refractivity contribution in [2.24, 2.45) is 0 Å². The lowest BCUT2D eigenvalue weighted by Gasteiger charge is -2.04. The molecule has 0 aromatic heterocycles. The molecule has 16 heavy (non-hydrogen) atoms. The minimum atomic E-state index is -0.371. The Morgan fingerprint density at radius 3 is 2.50 bits per heavy atom. The topological polar surface area (TPSA) is 55.4 Å². The molecule has 0 saturated heterocycles. The molecule has 84 valence electrons. The molecule has 1 N–H and O–H groups in total. The smallest absolute Gasteiger partial charge is 0.338 e. The Morgan fingerprint density at radius 1 is 1.38 bits per heavy atom. The summed E-state index contributed by atoms with van der Waals surface area (Å²) in [5.74, 6) is -0.659. The first-order chi connectivity index (χ1) is 7.67. The number of hydrogen-bond donors (Lipinski definition) is 1. The molecule has 0 spiro atoms. The molecule has 0 atom stereocenters. The van der Waals surface area contributed by atoms with E-state index in [0.29, 0.717) is 17.9 Å². The van der Waals surface area contributed by atoms with Gasteiger partial charge in [0.2, 0.25) is 5.91 Å². The number of carbonyl (C=O) groups excluding carboxylic acids is 2. The van der Waals surface area contributed by atoms with Gasteiger partial charge in [-0.05, 0) is 37.3 Å². The van der Waals surface area contributed by atoms with Gasteiger partial charge in [0.25, 0.3) is 0 Å². The maximum absolute atomic E-state index is 11.3. The van der Waals surface area contributed by atoms with Gasteiger partial charge in [0.15, 0.2) is 0 Å². The molecule has 4 heteroatoms. The van der Waals surface area contributed by atoms with E-state index in [4.69, 9.17) is 4.74 Å². The normalized spacial score (nSPS) is 9.31. The van der Waals surface area contributed by atoms with Crippen LogP contribution in [0.4, 0.5) is 5.69 Å². The van der Waals surface area contributed by atoms with E-state index in [1.54, 1.807) is 31.2 Å². The number of anilines is 1. The number of nitrogens with one attached hydrogen (secondary N) is 1. The lowest BCUT2D eigenvalue weighted by molar-refractivity contribution is -0.111. The van der Waals surface area contributed by atoms with E-state index in [0.717, 1.165) is 0 Å². The van der Waals surface area contributed by atoms with Crippen LogP contribution >= 0.6 is 0 Å². The van der Waals surface area contributed by atoms with Gasteiger partial charge in [0.1, 0.15) is 0 Å². The van der Waals surface area contributed by atoms with E-state index in [1.807, 2.05) is 0 Å². The Morgan fingerprint density at radius 2 is 2.00 bits per heavy atom. The van der Waals surface area contributed by atoms with Crippen LogP contribution in [0.25, 0.3) is 0 Å². The highest BCUT2D eigenvalue weighted by Crippen LogP contribution is 2.10. The molecule has 1 aromatic rings. The zero-order valence-electron chi connectivity index (χ0n) is 9.03. The van der Waals surface area contributed by atoms with Crippen LogP contribution < -0.4 is 5.32 Å². The molecule has 0 aliphatic heterocycles. The second-order valence-corrected chi connectivity index (χ2v) is 2.99. The van der Waals surface area contributed by atoms with Crippen molar-refractivity contribution in [1.82, 2.24) is 0 Å². The molecule has 0 radical (unpaired) electrons. The predicted octanol–water partition coefficient (Wildman–Crippen LogP) is 1.99. The summed E-state index contributed by atoms with van der Waals surface area (Å²) >= 11 is 0. The van der Waals surface area contributed by atoms with Crippen molar-refractivity contribution in [3.05, 3.63) is 42.5 Å². The minimum absolute atomic E-state index is 0.288. The fourth-order valence-electron chi connectivity index (χ4n) is 1.10. The van der Waals surface area contributed by atoms with Crippen molar-refractivity contribution in [3.63, 3.8) is 0 Å². The quantitative estimate of drug-likeness (QED) is 0.622. The second kappa shape index (κ2) is 5.70. The summed E-state index contributed by atoms with van der Waals surface area (Å²) in [7, 11) is 0. The van der Waals surface area contributed by atoms with E-state index in [-0.39, 0.29) is 11.9 Å². The molecule has 0 unspecified atom stereocenters. The fourth-order valence-corrected chi connectivity index (χ4v) is 1.10. The molecule has 4 nitrogen and oxygen atoms in total. The van der Waals surface area contributed by atoms with Gasteiger partial charge < -0.3 is 10.1 Å². The zero-order chi connectivity index (χ0) is 12.0. The van der Waals surface area contributed by atoms with Crippen molar-refractivity contribution in [3.8, 4) is 0 Å². The molecule has 0 fully saturated rings. The Balaban J connectivity index is 2.71. The summed E-state index contributed by atoms with van der Waals surface area (Å²) in [5.41, 5.74) is 1.07. The summed E-state index contributed by atoms with van der Waals surface area (Å²) in [5, 5.41) is 2.58. The molecule has 1 aromatic carbocycles. The molecule has 0 saturated carbocycles. The molecule has 0 bridgehead atoms. The number of hydrogen-bond acceptors (Lipinski definition) is 3. The Kier molecular flexibility index (Phi) is 4.27. The number of carbonyl (C=O) groups is 2. The average Bonchev–Trinajstić information content (AvgIpc) is 2.30. The van der Waals surface area contributed by atoms with Crippen LogP contribution in [0.1, 0.15) is 17.3 Å². The molecule has 1 rings (SSSR count). The predicted molar refractivity (Wildman–Crippen MR) is 61.2 cm³/mol. The molecular formula is C12H13NO3. The first-order valence-electron chi connectivity index (χ1n) is 4.88. The van der Waals surface area contributed by atoms with Crippen molar-refractivity contribution in [1.29, 1.82) is 0 Å². The van der Waals surface area contributed by atoms with Gasteiger partial charge in [0.05, 0.1) is 12.2 Å². The molecular weight excluding hydrogens is 206 g/mol. The van der Waals surface area contributed by atoms with E-state index in [1.165, 1.54) is 6.08 Å². The summed E-state index contributed by atoms with van der Waals surface area (Å²) < 4.78 is 4.83. The lowest BCUT2D eigenvalue weighted by atomic mass is 10.2. The summed E-state index contributed by atoms with van der Waals surface area (Å²) in [4.78, 5) is 22.3. The fraction of sp³-hybridized carbons (Fsp3) is 0.167. The third kappa shape index (κ3) is 3.24. The van der Waals surface area contributed by atoms with Crippen molar-refractivity contribution in [2.45, 2.75) is 6.92 Å². The SMILES string of the molecule is C=CC(=O)Nc1ccc(C(=O)OCC)cc1. The van der Waals surface area contributed by atoms with Gasteiger partial charge in [-0.25, -0.2) is 4.79 Å². The van der Waals surface area contributed by atoms with E-state index >= 15 is 0 Å². The maximum atomic E-state index is 11.3. The second-order valence-electron chi connectivity index (χ2n) is 2.99. The van der Waals surface area contributed by atoms with Crippen molar-refractivity contribution < 1.29 is 14.3 Å². The summed E-state index contributed by atoms with van der Waals surface area (Å²) in [6, 6.07) is 6.45. The van der Waals surface area contributed by atoms with E-state index < -0.39 is 0 Å². The largest absolute Gasteiger partial charge is 0.462 e. The first-order valence-corrected chi connectivity index (χ1v) is 4.88. The van der Waals surface area contributed by atoms with E-state index in [2.05, 4.69) is 11.9 Å². The monoisotopic (exact) mass is 219 g/mol. The number of rotatable bonds is 4. The van der Waals surface area contributed by atoms with Crippen LogP contribution in [-0.4, -0.2) is 18.5 Å². The van der Waals surface area contributed by atoms with Crippen LogP contribution in [0.15, 0.2) is 36.9 Å². The van der Waals surface area contributed by atoms with Crippen LogP contribution in [0, 0.1) is 0 Å². The Labute approximate surface area is 93.9 Å². The first kappa shape index (κ1) is 12.0. The van der Waals surface area contributed by atoms with Gasteiger partial charge in [0, 0.05) is 5.69 Å². The third-order valence-electron chi connectivity index (χ3n) is 1.85. The van der Waals surface area contributed by atoms with Crippen LogP contribution in [0.3, 0.4) is 0 Å². The van der Waals surface area contributed by atoms with E-state index in [9.17, 15) is 9.59 Å². The van der Waals surface area contributed by atoms with Crippen molar-refractivity contribution in [2.75, 3.05) is 11.9 Å². The minimum Gasteiger partial charge on any atom is -0.462 e. The lowest BCUT2D eigenvalue weighted by Crippen LogP contribution is -2.08. The Hall–Kier alpha value is -2.10. The molecule has 0 heterocycles. The summed E-state index contributed by atoms with van der Waals surface area (Å²) in [6.07, 6.45) is 1.18. The molecule has 1 amide bonds. The number of esters is 1. The number of ether oxygens (including phenoxy) is 1. The van der Waals surface area contributed by atoms with Crippen LogP contribution in [0.2, 0.25) is 0 Å². The van der Waals surface area contributed by atoms with Gasteiger partial charge in [-0.3, -0.25) is 4.79 Å². The van der Waals surface area contributed by atoms with Gasteiger partial charge in [-0.15, -0.1) is 0 Å². The highest BCUT2D eigenvalue weighted by Gasteiger charge is 2.05. The van der Waals surface area contributed by atoms with Gasteiger partial charge >= 0.3 is 5.97 Å².